The monoisotopic (exact) mass is 312 g/mol. The molecule has 1 saturated heterocycles. The van der Waals surface area contributed by atoms with Crippen LogP contribution in [0, 0.1) is 0 Å². The Hall–Kier alpha value is -1.79. The van der Waals surface area contributed by atoms with E-state index in [4.69, 9.17) is 16.3 Å². The zero-order valence-corrected chi connectivity index (χ0v) is 12.4. The summed E-state index contributed by atoms with van der Waals surface area (Å²) >= 11 is 5.86. The molecule has 1 heterocycles. The van der Waals surface area contributed by atoms with Gasteiger partial charge in [0.25, 0.3) is 5.91 Å². The molecular formula is C14H17ClN2O4. The first-order valence-electron chi connectivity index (χ1n) is 6.71. The van der Waals surface area contributed by atoms with Crippen LogP contribution in [-0.2, 0) is 9.53 Å². The Morgan fingerprint density at radius 3 is 3.00 bits per heavy atom. The third-order valence-electron chi connectivity index (χ3n) is 3.25. The number of nitrogens with zero attached hydrogens (tertiary/aromatic N) is 1. The molecule has 2 N–H and O–H groups in total. The third-order valence-corrected chi connectivity index (χ3v) is 3.49. The number of halogens is 1. The van der Waals surface area contributed by atoms with Crippen molar-refractivity contribution in [3.63, 3.8) is 0 Å². The van der Waals surface area contributed by atoms with Crippen molar-refractivity contribution >= 4 is 23.5 Å². The van der Waals surface area contributed by atoms with E-state index < -0.39 is 17.9 Å². The lowest BCUT2D eigenvalue weighted by molar-refractivity contribution is -0.149. The minimum absolute atomic E-state index is 0.0821. The fourth-order valence-corrected chi connectivity index (χ4v) is 2.40. The second-order valence-corrected chi connectivity index (χ2v) is 5.07. The number of benzene rings is 1. The summed E-state index contributed by atoms with van der Waals surface area (Å²) in [5.41, 5.74) is 0.0821. The highest BCUT2D eigenvalue weighted by atomic mass is 35.5. The minimum atomic E-state index is -0.704. The summed E-state index contributed by atoms with van der Waals surface area (Å²) in [7, 11) is 0. The van der Waals surface area contributed by atoms with Crippen LogP contribution in [0.5, 0.6) is 5.75 Å². The highest BCUT2D eigenvalue weighted by Crippen LogP contribution is 2.24. The molecule has 1 aromatic rings. The SMILES string of the molecule is CCOC(=O)C1CNCCN1C(=O)c1cc(Cl)ccc1O. The Morgan fingerprint density at radius 1 is 1.52 bits per heavy atom. The predicted molar refractivity (Wildman–Crippen MR) is 77.4 cm³/mol. The maximum absolute atomic E-state index is 12.6. The molecule has 1 aromatic carbocycles. The number of carbonyl (C=O) groups is 2. The Labute approximate surface area is 127 Å². The first kappa shape index (κ1) is 15.6. The van der Waals surface area contributed by atoms with E-state index in [0.29, 0.717) is 24.7 Å². The Kier molecular flexibility index (Phi) is 5.03. The minimum Gasteiger partial charge on any atom is -0.507 e. The van der Waals surface area contributed by atoms with E-state index in [9.17, 15) is 14.7 Å². The van der Waals surface area contributed by atoms with Crippen LogP contribution >= 0.6 is 11.6 Å². The summed E-state index contributed by atoms with van der Waals surface area (Å²) in [5, 5.41) is 13.2. The van der Waals surface area contributed by atoms with Gasteiger partial charge in [0.1, 0.15) is 11.8 Å². The van der Waals surface area contributed by atoms with Crippen molar-refractivity contribution in [1.82, 2.24) is 10.2 Å². The van der Waals surface area contributed by atoms with Gasteiger partial charge < -0.3 is 20.1 Å². The van der Waals surface area contributed by atoms with Crippen LogP contribution in [-0.4, -0.2) is 54.2 Å². The van der Waals surface area contributed by atoms with Crippen molar-refractivity contribution in [2.45, 2.75) is 13.0 Å². The number of phenolic OH excluding ortho intramolecular Hbond substituents is 1. The Bertz CT molecular complexity index is 550. The molecule has 0 radical (unpaired) electrons. The molecule has 2 rings (SSSR count). The van der Waals surface area contributed by atoms with Crippen molar-refractivity contribution in [2.75, 3.05) is 26.2 Å². The number of ether oxygens (including phenoxy) is 1. The van der Waals surface area contributed by atoms with Crippen molar-refractivity contribution in [3.8, 4) is 5.75 Å². The van der Waals surface area contributed by atoms with E-state index in [0.717, 1.165) is 0 Å². The number of carbonyl (C=O) groups excluding carboxylic acids is 2. The van der Waals surface area contributed by atoms with Gasteiger partial charge in [-0.25, -0.2) is 4.79 Å². The maximum atomic E-state index is 12.6. The Balaban J connectivity index is 2.26. The predicted octanol–water partition coefficient (Wildman–Crippen LogP) is 1.02. The molecular weight excluding hydrogens is 296 g/mol. The molecule has 1 aliphatic heterocycles. The van der Waals surface area contributed by atoms with Gasteiger partial charge in [0.05, 0.1) is 12.2 Å². The van der Waals surface area contributed by atoms with Crippen molar-refractivity contribution in [3.05, 3.63) is 28.8 Å². The maximum Gasteiger partial charge on any atom is 0.330 e. The molecule has 1 aliphatic rings. The first-order valence-corrected chi connectivity index (χ1v) is 7.09. The number of nitrogens with one attached hydrogen (secondary N) is 1. The molecule has 21 heavy (non-hydrogen) atoms. The molecule has 1 unspecified atom stereocenters. The van der Waals surface area contributed by atoms with Gasteiger partial charge in [0.15, 0.2) is 0 Å². The number of aromatic hydroxyl groups is 1. The average Bonchev–Trinajstić information content (AvgIpc) is 2.49. The number of phenols is 1. The lowest BCUT2D eigenvalue weighted by Gasteiger charge is -2.34. The molecule has 0 spiro atoms. The number of amides is 1. The van der Waals surface area contributed by atoms with Crippen LogP contribution < -0.4 is 5.32 Å². The molecule has 114 valence electrons. The van der Waals surface area contributed by atoms with Gasteiger partial charge in [-0.05, 0) is 25.1 Å². The van der Waals surface area contributed by atoms with E-state index >= 15 is 0 Å². The van der Waals surface area contributed by atoms with Crippen LogP contribution in [0.3, 0.4) is 0 Å². The van der Waals surface area contributed by atoms with E-state index in [1.54, 1.807) is 6.92 Å². The standard InChI is InChI=1S/C14H17ClN2O4/c1-2-21-14(20)11-8-16-5-6-17(11)13(19)10-7-9(15)3-4-12(10)18/h3-4,7,11,16,18H,2,5-6,8H2,1H3. The van der Waals surface area contributed by atoms with E-state index in [2.05, 4.69) is 5.32 Å². The van der Waals surface area contributed by atoms with Crippen molar-refractivity contribution in [2.24, 2.45) is 0 Å². The molecule has 1 amide bonds. The second-order valence-electron chi connectivity index (χ2n) is 4.63. The largest absolute Gasteiger partial charge is 0.507 e. The molecule has 1 atom stereocenters. The number of hydrogen-bond donors (Lipinski definition) is 2. The van der Waals surface area contributed by atoms with Crippen molar-refractivity contribution < 1.29 is 19.4 Å². The zero-order valence-electron chi connectivity index (χ0n) is 11.6. The van der Waals surface area contributed by atoms with Gasteiger partial charge in [-0.2, -0.15) is 0 Å². The van der Waals surface area contributed by atoms with Gasteiger partial charge in [-0.1, -0.05) is 11.6 Å². The molecule has 0 bridgehead atoms. The fourth-order valence-electron chi connectivity index (χ4n) is 2.23. The van der Waals surface area contributed by atoms with Gasteiger partial charge in [-0.15, -0.1) is 0 Å². The summed E-state index contributed by atoms with van der Waals surface area (Å²) in [6.07, 6.45) is 0. The summed E-state index contributed by atoms with van der Waals surface area (Å²) in [6.45, 7) is 3.21. The van der Waals surface area contributed by atoms with Crippen LogP contribution in [0.25, 0.3) is 0 Å². The number of hydrogen-bond acceptors (Lipinski definition) is 5. The molecule has 0 aliphatic carbocycles. The Morgan fingerprint density at radius 2 is 2.29 bits per heavy atom. The lowest BCUT2D eigenvalue weighted by atomic mass is 10.1. The molecule has 6 nitrogen and oxygen atoms in total. The average molecular weight is 313 g/mol. The van der Waals surface area contributed by atoms with E-state index in [1.165, 1.54) is 23.1 Å². The fraction of sp³-hybridized carbons (Fsp3) is 0.429. The summed E-state index contributed by atoms with van der Waals surface area (Å²) in [5.74, 6) is -1.06. The quantitative estimate of drug-likeness (QED) is 0.815. The summed E-state index contributed by atoms with van der Waals surface area (Å²) in [4.78, 5) is 25.9. The van der Waals surface area contributed by atoms with Crippen LogP contribution in [0.4, 0.5) is 0 Å². The van der Waals surface area contributed by atoms with Crippen LogP contribution in [0.1, 0.15) is 17.3 Å². The number of esters is 1. The molecule has 0 saturated carbocycles. The van der Waals surface area contributed by atoms with Gasteiger partial charge in [-0.3, -0.25) is 4.79 Å². The smallest absolute Gasteiger partial charge is 0.330 e. The van der Waals surface area contributed by atoms with Gasteiger partial charge in [0, 0.05) is 24.7 Å². The van der Waals surface area contributed by atoms with Crippen LogP contribution in [0.2, 0.25) is 5.02 Å². The summed E-state index contributed by atoms with van der Waals surface area (Å²) < 4.78 is 4.99. The molecule has 7 heteroatoms. The van der Waals surface area contributed by atoms with Gasteiger partial charge in [0.2, 0.25) is 0 Å². The number of piperazine rings is 1. The normalized spacial score (nSPS) is 18.4. The molecule has 0 aromatic heterocycles. The second kappa shape index (κ2) is 6.78. The summed E-state index contributed by atoms with van der Waals surface area (Å²) in [6, 6.07) is 3.54. The third kappa shape index (κ3) is 3.46. The van der Waals surface area contributed by atoms with Crippen molar-refractivity contribution in [1.29, 1.82) is 0 Å². The van der Waals surface area contributed by atoms with Crippen LogP contribution in [0.15, 0.2) is 18.2 Å². The molecule has 1 fully saturated rings. The number of rotatable bonds is 3. The zero-order chi connectivity index (χ0) is 15.4. The first-order chi connectivity index (χ1) is 10.0. The highest BCUT2D eigenvalue weighted by molar-refractivity contribution is 6.31. The highest BCUT2D eigenvalue weighted by Gasteiger charge is 2.34. The lowest BCUT2D eigenvalue weighted by Crippen LogP contribution is -2.57. The van der Waals surface area contributed by atoms with E-state index in [-0.39, 0.29) is 17.9 Å². The van der Waals surface area contributed by atoms with E-state index in [1.807, 2.05) is 0 Å². The van der Waals surface area contributed by atoms with Gasteiger partial charge >= 0.3 is 5.97 Å². The topological polar surface area (TPSA) is 78.9 Å².